The molecule has 0 radical (unpaired) electrons. The summed E-state index contributed by atoms with van der Waals surface area (Å²) in [4.78, 5) is 34.9. The SMILES string of the molecule is CC(=O)N1[C@H]2CCC[C@H]3N(C(=O)Cn4ccnc4)[C@@H](Cc4ccccc4)[C@@H]1C[C@@]23C. The molecule has 3 aliphatic rings. The van der Waals surface area contributed by atoms with Crippen LogP contribution < -0.4 is 0 Å². The first-order valence-electron chi connectivity index (χ1n) is 11.1. The first kappa shape index (κ1) is 19.3. The quantitative estimate of drug-likeness (QED) is 0.785. The predicted octanol–water partition coefficient (Wildman–Crippen LogP) is 2.88. The van der Waals surface area contributed by atoms with Crippen molar-refractivity contribution in [2.75, 3.05) is 0 Å². The number of amides is 2. The molecule has 2 bridgehead atoms. The molecule has 0 unspecified atom stereocenters. The topological polar surface area (TPSA) is 58.4 Å². The van der Waals surface area contributed by atoms with Crippen LogP contribution in [0.4, 0.5) is 0 Å². The Morgan fingerprint density at radius 3 is 2.53 bits per heavy atom. The summed E-state index contributed by atoms with van der Waals surface area (Å²) >= 11 is 0. The lowest BCUT2D eigenvalue weighted by Gasteiger charge is -2.53. The number of aromatic nitrogens is 2. The van der Waals surface area contributed by atoms with E-state index in [0.29, 0.717) is 6.54 Å². The lowest BCUT2D eigenvalue weighted by atomic mass is 9.64. The summed E-state index contributed by atoms with van der Waals surface area (Å²) in [5, 5.41) is 0. The van der Waals surface area contributed by atoms with E-state index in [1.807, 2.05) is 16.8 Å². The third kappa shape index (κ3) is 2.96. The molecular weight excluding hydrogens is 376 g/mol. The molecule has 1 aliphatic carbocycles. The average Bonchev–Trinajstić information content (AvgIpc) is 3.33. The van der Waals surface area contributed by atoms with E-state index < -0.39 is 0 Å². The van der Waals surface area contributed by atoms with E-state index in [4.69, 9.17) is 0 Å². The second-order valence-electron chi connectivity index (χ2n) is 9.46. The Bertz CT molecular complexity index is 928. The minimum atomic E-state index is -0.0215. The molecule has 5 rings (SSSR count). The third-order valence-electron chi connectivity index (χ3n) is 7.77. The van der Waals surface area contributed by atoms with E-state index in [1.54, 1.807) is 19.4 Å². The average molecular weight is 407 g/mol. The highest BCUT2D eigenvalue weighted by Crippen LogP contribution is 2.56. The number of carbonyl (C=O) groups excluding carboxylic acids is 2. The molecule has 1 aromatic heterocycles. The van der Waals surface area contributed by atoms with Crippen molar-refractivity contribution in [3.63, 3.8) is 0 Å². The first-order chi connectivity index (χ1) is 14.5. The number of nitrogens with zero attached hydrogens (tertiary/aromatic N) is 4. The molecule has 6 heteroatoms. The minimum absolute atomic E-state index is 0.00787. The van der Waals surface area contributed by atoms with Gasteiger partial charge in [-0.05, 0) is 37.7 Å². The summed E-state index contributed by atoms with van der Waals surface area (Å²) in [5.41, 5.74) is 1.20. The van der Waals surface area contributed by atoms with Crippen LogP contribution in [0.1, 0.15) is 45.1 Å². The number of likely N-dealkylation sites (tertiary alicyclic amines) is 2. The van der Waals surface area contributed by atoms with Gasteiger partial charge < -0.3 is 14.4 Å². The van der Waals surface area contributed by atoms with Crippen LogP contribution in [0, 0.1) is 5.41 Å². The van der Waals surface area contributed by atoms with Crippen molar-refractivity contribution in [3.05, 3.63) is 54.6 Å². The molecule has 0 spiro atoms. The maximum Gasteiger partial charge on any atom is 0.243 e. The maximum atomic E-state index is 13.7. The number of carbonyl (C=O) groups is 2. The molecule has 5 atom stereocenters. The molecule has 0 N–H and O–H groups in total. The van der Waals surface area contributed by atoms with E-state index in [9.17, 15) is 9.59 Å². The number of benzene rings is 1. The van der Waals surface area contributed by atoms with Gasteiger partial charge in [-0.25, -0.2) is 4.98 Å². The van der Waals surface area contributed by atoms with Crippen LogP contribution in [-0.2, 0) is 22.6 Å². The van der Waals surface area contributed by atoms with E-state index in [0.717, 1.165) is 32.1 Å². The highest BCUT2D eigenvalue weighted by molar-refractivity contribution is 5.79. The fourth-order valence-corrected chi connectivity index (χ4v) is 6.61. The van der Waals surface area contributed by atoms with Crippen molar-refractivity contribution in [2.24, 2.45) is 5.41 Å². The monoisotopic (exact) mass is 406 g/mol. The van der Waals surface area contributed by atoms with Gasteiger partial charge >= 0.3 is 0 Å². The molecule has 2 amide bonds. The Balaban J connectivity index is 1.56. The lowest BCUT2D eigenvalue weighted by molar-refractivity contribution is -0.146. The van der Waals surface area contributed by atoms with Gasteiger partial charge in [0, 0.05) is 36.8 Å². The molecule has 2 aliphatic heterocycles. The van der Waals surface area contributed by atoms with Gasteiger partial charge in [0.25, 0.3) is 0 Å². The van der Waals surface area contributed by atoms with Crippen LogP contribution in [-0.4, -0.2) is 55.3 Å². The number of rotatable bonds is 4. The second-order valence-corrected chi connectivity index (χ2v) is 9.46. The molecule has 1 aromatic carbocycles. The van der Waals surface area contributed by atoms with Crippen molar-refractivity contribution < 1.29 is 9.59 Å². The lowest BCUT2D eigenvalue weighted by Crippen LogP contribution is -2.63. The summed E-state index contributed by atoms with van der Waals surface area (Å²) in [7, 11) is 0. The zero-order chi connectivity index (χ0) is 20.9. The van der Waals surface area contributed by atoms with Gasteiger partial charge in [0.1, 0.15) is 6.54 Å². The van der Waals surface area contributed by atoms with Crippen molar-refractivity contribution in [3.8, 4) is 0 Å². The molecule has 3 heterocycles. The largest absolute Gasteiger partial charge is 0.334 e. The van der Waals surface area contributed by atoms with Gasteiger partial charge in [0.15, 0.2) is 0 Å². The number of imidazole rings is 1. The van der Waals surface area contributed by atoms with Crippen molar-refractivity contribution in [2.45, 2.75) is 76.7 Å². The minimum Gasteiger partial charge on any atom is -0.334 e. The first-order valence-corrected chi connectivity index (χ1v) is 11.1. The fraction of sp³-hybridized carbons (Fsp3) is 0.542. The van der Waals surface area contributed by atoms with E-state index in [2.05, 4.69) is 46.0 Å². The summed E-state index contributed by atoms with van der Waals surface area (Å²) in [6.07, 6.45) is 10.2. The van der Waals surface area contributed by atoms with Gasteiger partial charge in [-0.1, -0.05) is 37.3 Å². The standard InChI is InChI=1S/C24H30N4O2/c1-17(29)27-20-14-24(2)21(27)9-6-10-22(24)28(23(30)15-26-12-11-25-16-26)19(20)13-18-7-4-3-5-8-18/h3-5,7-8,11-12,16,19-22H,6,9-10,13-15H2,1-2H3/t19-,20-,21-,22+,24-/m0/s1. The Hall–Kier alpha value is -2.63. The molecule has 2 aromatic rings. The molecule has 158 valence electrons. The van der Waals surface area contributed by atoms with E-state index >= 15 is 0 Å². The van der Waals surface area contributed by atoms with Gasteiger partial charge in [-0.3, -0.25) is 9.59 Å². The maximum absolute atomic E-state index is 13.7. The van der Waals surface area contributed by atoms with Crippen LogP contribution in [0.15, 0.2) is 49.1 Å². The number of piperidine rings is 1. The zero-order valence-corrected chi connectivity index (χ0v) is 17.8. The van der Waals surface area contributed by atoms with Gasteiger partial charge in [-0.2, -0.15) is 0 Å². The number of hydrogen-bond acceptors (Lipinski definition) is 3. The number of hydrogen-bond donors (Lipinski definition) is 0. The summed E-state index contributed by atoms with van der Waals surface area (Å²) < 4.78 is 1.85. The van der Waals surface area contributed by atoms with Crippen molar-refractivity contribution in [1.82, 2.24) is 19.4 Å². The Kier molecular flexibility index (Phi) is 4.68. The Morgan fingerprint density at radius 2 is 1.87 bits per heavy atom. The molecular formula is C24H30N4O2. The van der Waals surface area contributed by atoms with Crippen LogP contribution in [0.5, 0.6) is 0 Å². The normalized spacial score (nSPS) is 32.3. The van der Waals surface area contributed by atoms with Crippen molar-refractivity contribution >= 4 is 11.8 Å². The Labute approximate surface area is 177 Å². The molecule has 1 saturated carbocycles. The van der Waals surface area contributed by atoms with Crippen LogP contribution >= 0.6 is 0 Å². The fourth-order valence-electron chi connectivity index (χ4n) is 6.61. The van der Waals surface area contributed by atoms with E-state index in [1.165, 1.54) is 5.56 Å². The van der Waals surface area contributed by atoms with Crippen LogP contribution in [0.2, 0.25) is 0 Å². The predicted molar refractivity (Wildman–Crippen MR) is 113 cm³/mol. The highest BCUT2D eigenvalue weighted by Gasteiger charge is 2.64. The third-order valence-corrected chi connectivity index (χ3v) is 7.77. The summed E-state index contributed by atoms with van der Waals surface area (Å²) in [5.74, 6) is 0.289. The van der Waals surface area contributed by atoms with Crippen LogP contribution in [0.3, 0.4) is 0 Å². The zero-order valence-electron chi connectivity index (χ0n) is 17.8. The molecule has 30 heavy (non-hydrogen) atoms. The smallest absolute Gasteiger partial charge is 0.243 e. The second kappa shape index (κ2) is 7.25. The molecule has 2 saturated heterocycles. The highest BCUT2D eigenvalue weighted by atomic mass is 16.2. The summed E-state index contributed by atoms with van der Waals surface area (Å²) in [6, 6.07) is 10.9. The van der Waals surface area contributed by atoms with Gasteiger partial charge in [0.05, 0.1) is 18.4 Å². The van der Waals surface area contributed by atoms with Gasteiger partial charge in [-0.15, -0.1) is 0 Å². The van der Waals surface area contributed by atoms with Crippen LogP contribution in [0.25, 0.3) is 0 Å². The molecule has 6 nitrogen and oxygen atoms in total. The summed E-state index contributed by atoms with van der Waals surface area (Å²) in [6.45, 7) is 4.31. The van der Waals surface area contributed by atoms with Crippen molar-refractivity contribution in [1.29, 1.82) is 0 Å². The van der Waals surface area contributed by atoms with E-state index in [-0.39, 0.29) is 41.4 Å². The molecule has 3 fully saturated rings. The van der Waals surface area contributed by atoms with Gasteiger partial charge in [0.2, 0.25) is 11.8 Å². The Morgan fingerprint density at radius 1 is 1.13 bits per heavy atom. The number of fused-ring (bicyclic) bond motifs is 1.